The molecule has 1 saturated heterocycles. The first kappa shape index (κ1) is 19.2. The van der Waals surface area contributed by atoms with Crippen LogP contribution >= 0.6 is 0 Å². The van der Waals surface area contributed by atoms with Crippen LogP contribution in [0.3, 0.4) is 0 Å². The van der Waals surface area contributed by atoms with E-state index in [1.54, 1.807) is 37.5 Å². The monoisotopic (exact) mass is 401 g/mol. The minimum atomic E-state index is -1.62. The van der Waals surface area contributed by atoms with E-state index in [1.165, 1.54) is 22.6 Å². The van der Waals surface area contributed by atoms with Crippen LogP contribution in [0.2, 0.25) is 0 Å². The highest BCUT2D eigenvalue weighted by Gasteiger charge is 2.41. The highest BCUT2D eigenvalue weighted by molar-refractivity contribution is 5.68. The van der Waals surface area contributed by atoms with E-state index in [2.05, 4.69) is 25.8 Å². The number of aromatic nitrogens is 5. The molecule has 4 rings (SSSR count). The van der Waals surface area contributed by atoms with Crippen LogP contribution in [0.15, 0.2) is 36.5 Å². The molecular weight excluding hydrogens is 381 g/mol. The fourth-order valence-corrected chi connectivity index (χ4v) is 3.21. The molecule has 3 N–H and O–H groups in total. The third kappa shape index (κ3) is 3.75. The predicted molar refractivity (Wildman–Crippen MR) is 102 cm³/mol. The van der Waals surface area contributed by atoms with Gasteiger partial charge in [-0.3, -0.25) is 0 Å². The van der Waals surface area contributed by atoms with Gasteiger partial charge in [-0.15, -0.1) is 0 Å². The lowest BCUT2D eigenvalue weighted by atomic mass is 10.1. The molecule has 0 amide bonds. The number of nitrogens with zero attached hydrogens (tertiary/aromatic N) is 6. The van der Waals surface area contributed by atoms with Gasteiger partial charge in [0.1, 0.15) is 17.7 Å². The molecule has 1 aromatic carbocycles. The summed E-state index contributed by atoms with van der Waals surface area (Å²) < 4.78 is 21.6. The Morgan fingerprint density at radius 1 is 1.34 bits per heavy atom. The number of hydrogen-bond donors (Lipinski definition) is 3. The van der Waals surface area contributed by atoms with Crippen molar-refractivity contribution < 1.29 is 19.3 Å². The zero-order valence-electron chi connectivity index (χ0n) is 15.8. The van der Waals surface area contributed by atoms with E-state index < -0.39 is 17.8 Å². The first-order valence-corrected chi connectivity index (χ1v) is 8.91. The first-order chi connectivity index (χ1) is 13.9. The number of ether oxygens (including phenoxy) is 1. The van der Waals surface area contributed by atoms with Gasteiger partial charge in [-0.05, 0) is 40.8 Å². The number of rotatable bonds is 5. The highest BCUT2D eigenvalue weighted by Crippen LogP contribution is 2.33. The van der Waals surface area contributed by atoms with E-state index in [-0.39, 0.29) is 13.2 Å². The number of halogens is 1. The predicted octanol–water partition coefficient (Wildman–Crippen LogP) is 1.02. The van der Waals surface area contributed by atoms with E-state index >= 15 is 0 Å². The molecule has 2 aromatic heterocycles. The fourth-order valence-electron chi connectivity index (χ4n) is 3.21. The zero-order valence-corrected chi connectivity index (χ0v) is 15.8. The SMILES string of the molecule is Cn1nnnc1Nc1ccc(-c2ccc(N3CC(CO)OC3(C)O)cc2F)cn1. The maximum atomic E-state index is 14.8. The van der Waals surface area contributed by atoms with E-state index in [1.807, 2.05) is 0 Å². The van der Waals surface area contributed by atoms with Crippen molar-refractivity contribution in [2.75, 3.05) is 23.4 Å². The summed E-state index contributed by atoms with van der Waals surface area (Å²) in [5.41, 5.74) is 1.41. The number of anilines is 3. The lowest BCUT2D eigenvalue weighted by Crippen LogP contribution is -2.42. The van der Waals surface area contributed by atoms with Gasteiger partial charge in [0.05, 0.1) is 13.2 Å². The minimum Gasteiger partial charge on any atom is -0.394 e. The summed E-state index contributed by atoms with van der Waals surface area (Å²) in [5, 5.41) is 33.7. The van der Waals surface area contributed by atoms with Gasteiger partial charge < -0.3 is 25.2 Å². The Hall–Kier alpha value is -3.15. The number of nitrogens with one attached hydrogen (secondary N) is 1. The van der Waals surface area contributed by atoms with Crippen LogP contribution in [-0.2, 0) is 11.8 Å². The van der Waals surface area contributed by atoms with Gasteiger partial charge >= 0.3 is 0 Å². The summed E-state index contributed by atoms with van der Waals surface area (Å²) >= 11 is 0. The third-order valence-corrected chi connectivity index (χ3v) is 4.68. The van der Waals surface area contributed by atoms with Crippen LogP contribution in [0.4, 0.5) is 21.8 Å². The Morgan fingerprint density at radius 3 is 2.76 bits per heavy atom. The Kier molecular flexibility index (Phi) is 4.86. The smallest absolute Gasteiger partial charge is 0.248 e. The summed E-state index contributed by atoms with van der Waals surface area (Å²) in [6.07, 6.45) is 1.00. The molecule has 2 atom stereocenters. The Morgan fingerprint density at radius 2 is 2.17 bits per heavy atom. The van der Waals surface area contributed by atoms with Crippen molar-refractivity contribution in [2.24, 2.45) is 7.05 Å². The molecule has 0 saturated carbocycles. The average molecular weight is 401 g/mol. The second-order valence-corrected chi connectivity index (χ2v) is 6.81. The Balaban J connectivity index is 1.54. The van der Waals surface area contributed by atoms with Crippen LogP contribution < -0.4 is 10.2 Å². The summed E-state index contributed by atoms with van der Waals surface area (Å²) in [5.74, 6) is -1.14. The number of pyridine rings is 1. The van der Waals surface area contributed by atoms with Crippen LogP contribution in [-0.4, -0.2) is 60.6 Å². The maximum absolute atomic E-state index is 14.8. The van der Waals surface area contributed by atoms with E-state index in [4.69, 9.17) is 4.74 Å². The van der Waals surface area contributed by atoms with Crippen molar-refractivity contribution in [1.29, 1.82) is 0 Å². The van der Waals surface area contributed by atoms with Gasteiger partial charge in [-0.2, -0.15) is 0 Å². The van der Waals surface area contributed by atoms with Crippen LogP contribution in [0, 0.1) is 5.82 Å². The lowest BCUT2D eigenvalue weighted by molar-refractivity contribution is -0.181. The molecule has 3 heterocycles. The summed E-state index contributed by atoms with van der Waals surface area (Å²) in [4.78, 5) is 5.77. The van der Waals surface area contributed by atoms with Crippen molar-refractivity contribution in [3.63, 3.8) is 0 Å². The number of aryl methyl sites for hydroxylation is 1. The number of aliphatic hydroxyl groups excluding tert-OH is 1. The lowest BCUT2D eigenvalue weighted by Gasteiger charge is -2.30. The molecule has 0 aliphatic carbocycles. The van der Waals surface area contributed by atoms with Crippen molar-refractivity contribution in [1.82, 2.24) is 25.2 Å². The molecule has 0 spiro atoms. The van der Waals surface area contributed by atoms with E-state index in [0.29, 0.717) is 28.6 Å². The molecule has 11 heteroatoms. The third-order valence-electron chi connectivity index (χ3n) is 4.68. The van der Waals surface area contributed by atoms with Gasteiger partial charge in [0.15, 0.2) is 0 Å². The number of hydrogen-bond acceptors (Lipinski definition) is 9. The van der Waals surface area contributed by atoms with Gasteiger partial charge in [0, 0.05) is 37.0 Å². The highest BCUT2D eigenvalue weighted by atomic mass is 19.1. The van der Waals surface area contributed by atoms with Crippen molar-refractivity contribution in [3.05, 3.63) is 42.3 Å². The minimum absolute atomic E-state index is 0.232. The van der Waals surface area contributed by atoms with Crippen LogP contribution in [0.5, 0.6) is 0 Å². The molecular formula is C18H20FN7O3. The normalized spacial score (nSPS) is 21.6. The summed E-state index contributed by atoms with van der Waals surface area (Å²) in [6.45, 7) is 1.47. The molecule has 10 nitrogen and oxygen atoms in total. The van der Waals surface area contributed by atoms with Crippen LogP contribution in [0.1, 0.15) is 6.92 Å². The number of tetrazole rings is 1. The van der Waals surface area contributed by atoms with E-state index in [0.717, 1.165) is 0 Å². The average Bonchev–Trinajstić information content (AvgIpc) is 3.24. The molecule has 152 valence electrons. The van der Waals surface area contributed by atoms with Gasteiger partial charge in [0.2, 0.25) is 11.9 Å². The molecule has 0 radical (unpaired) electrons. The van der Waals surface area contributed by atoms with Gasteiger partial charge in [-0.25, -0.2) is 14.1 Å². The molecule has 29 heavy (non-hydrogen) atoms. The Labute approximate surface area is 165 Å². The number of aliphatic hydroxyl groups is 2. The standard InChI is InChI=1S/C18H20FN7O3/c1-18(28)26(9-13(10-27)29-18)12-4-5-14(15(19)7-12)11-3-6-16(20-8-11)21-17-22-23-24-25(17)2/h3-8,13,27-28H,9-10H2,1-2H3,(H,20,21,22,24). The molecule has 1 aliphatic heterocycles. The van der Waals surface area contributed by atoms with Gasteiger partial charge in [-0.1, -0.05) is 5.10 Å². The molecule has 0 bridgehead atoms. The van der Waals surface area contributed by atoms with Crippen LogP contribution in [0.25, 0.3) is 11.1 Å². The zero-order chi connectivity index (χ0) is 20.6. The largest absolute Gasteiger partial charge is 0.394 e. The second kappa shape index (κ2) is 7.35. The van der Waals surface area contributed by atoms with Crippen molar-refractivity contribution in [2.45, 2.75) is 18.9 Å². The molecule has 3 aromatic rings. The van der Waals surface area contributed by atoms with Gasteiger partial charge in [0.25, 0.3) is 0 Å². The number of benzene rings is 1. The molecule has 1 aliphatic rings. The maximum Gasteiger partial charge on any atom is 0.248 e. The Bertz CT molecular complexity index is 1010. The summed E-state index contributed by atoms with van der Waals surface area (Å²) in [7, 11) is 1.69. The van der Waals surface area contributed by atoms with E-state index in [9.17, 15) is 14.6 Å². The second-order valence-electron chi connectivity index (χ2n) is 6.81. The van der Waals surface area contributed by atoms with Crippen molar-refractivity contribution >= 4 is 17.5 Å². The summed E-state index contributed by atoms with van der Waals surface area (Å²) in [6, 6.07) is 8.05. The molecule has 2 unspecified atom stereocenters. The molecule has 1 fully saturated rings. The fraction of sp³-hybridized carbons (Fsp3) is 0.333. The van der Waals surface area contributed by atoms with Crippen molar-refractivity contribution in [3.8, 4) is 11.1 Å². The first-order valence-electron chi connectivity index (χ1n) is 8.91. The topological polar surface area (TPSA) is 121 Å². The quantitative estimate of drug-likeness (QED) is 0.575.